The summed E-state index contributed by atoms with van der Waals surface area (Å²) < 4.78 is 21.3. The molecule has 1 aliphatic rings. The predicted octanol–water partition coefficient (Wildman–Crippen LogP) is 4.50. The number of halogens is 1. The molecule has 0 N–H and O–H groups in total. The highest BCUT2D eigenvalue weighted by Gasteiger charge is 2.26. The summed E-state index contributed by atoms with van der Waals surface area (Å²) in [6, 6.07) is 14.9. The summed E-state index contributed by atoms with van der Waals surface area (Å²) in [4.78, 5) is 11.4. The van der Waals surface area contributed by atoms with Crippen molar-refractivity contribution in [2.45, 2.75) is 32.0 Å². The van der Waals surface area contributed by atoms with Crippen LogP contribution in [0.4, 0.5) is 4.39 Å². The molecule has 1 aliphatic heterocycles. The van der Waals surface area contributed by atoms with Crippen molar-refractivity contribution in [3.63, 3.8) is 0 Å². The van der Waals surface area contributed by atoms with Gasteiger partial charge in [0, 0.05) is 18.2 Å². The number of fused-ring (bicyclic) bond motifs is 1. The Balaban J connectivity index is 1.30. The van der Waals surface area contributed by atoms with E-state index in [-0.39, 0.29) is 5.82 Å². The molecule has 5 rings (SSSR count). The smallest absolute Gasteiger partial charge is 0.209 e. The molecule has 0 bridgehead atoms. The molecular formula is C22H21FN4O. The Morgan fingerprint density at radius 1 is 1.07 bits per heavy atom. The van der Waals surface area contributed by atoms with E-state index in [1.54, 1.807) is 18.3 Å². The van der Waals surface area contributed by atoms with Crippen LogP contribution < -0.4 is 0 Å². The zero-order valence-corrected chi connectivity index (χ0v) is 15.5. The minimum absolute atomic E-state index is 0.254. The average molecular weight is 376 g/mol. The van der Waals surface area contributed by atoms with E-state index in [0.29, 0.717) is 24.2 Å². The molecule has 3 heterocycles. The SMILES string of the molecule is Fc1ccc(-c2cnc(CN3CCCC3Cn3cnc4ccccc43)o2)cc1. The summed E-state index contributed by atoms with van der Waals surface area (Å²) in [6.07, 6.45) is 5.97. The van der Waals surface area contributed by atoms with Crippen LogP contribution in [-0.4, -0.2) is 32.0 Å². The van der Waals surface area contributed by atoms with Crippen LogP contribution in [0.25, 0.3) is 22.4 Å². The molecular weight excluding hydrogens is 355 g/mol. The zero-order chi connectivity index (χ0) is 18.9. The number of para-hydroxylation sites is 2. The van der Waals surface area contributed by atoms with Gasteiger partial charge in [0.05, 0.1) is 30.1 Å². The summed E-state index contributed by atoms with van der Waals surface area (Å²) >= 11 is 0. The first-order valence-corrected chi connectivity index (χ1v) is 9.61. The van der Waals surface area contributed by atoms with Gasteiger partial charge in [-0.2, -0.15) is 0 Å². The number of oxazole rings is 1. The molecule has 6 heteroatoms. The molecule has 28 heavy (non-hydrogen) atoms. The summed E-state index contributed by atoms with van der Waals surface area (Å²) in [5.74, 6) is 1.11. The molecule has 0 spiro atoms. The van der Waals surface area contributed by atoms with Gasteiger partial charge in [-0.1, -0.05) is 12.1 Å². The Morgan fingerprint density at radius 2 is 1.93 bits per heavy atom. The molecule has 2 aromatic carbocycles. The van der Waals surface area contributed by atoms with Gasteiger partial charge in [-0.05, 0) is 55.8 Å². The molecule has 4 aromatic rings. The minimum atomic E-state index is -0.254. The maximum Gasteiger partial charge on any atom is 0.209 e. The van der Waals surface area contributed by atoms with Gasteiger partial charge in [-0.15, -0.1) is 0 Å². The average Bonchev–Trinajstić information content (AvgIpc) is 3.45. The van der Waals surface area contributed by atoms with Gasteiger partial charge >= 0.3 is 0 Å². The van der Waals surface area contributed by atoms with Crippen LogP contribution in [0, 0.1) is 5.82 Å². The lowest BCUT2D eigenvalue weighted by atomic mass is 10.2. The normalized spacial score (nSPS) is 17.5. The molecule has 1 saturated heterocycles. The number of hydrogen-bond donors (Lipinski definition) is 0. The predicted molar refractivity (Wildman–Crippen MR) is 105 cm³/mol. The lowest BCUT2D eigenvalue weighted by Gasteiger charge is -2.23. The van der Waals surface area contributed by atoms with Crippen molar-refractivity contribution in [2.24, 2.45) is 0 Å². The largest absolute Gasteiger partial charge is 0.439 e. The first kappa shape index (κ1) is 17.1. The van der Waals surface area contributed by atoms with E-state index in [4.69, 9.17) is 4.42 Å². The van der Waals surface area contributed by atoms with Crippen molar-refractivity contribution in [1.29, 1.82) is 0 Å². The Hall–Kier alpha value is -2.99. The number of hydrogen-bond acceptors (Lipinski definition) is 4. The highest BCUT2D eigenvalue weighted by atomic mass is 19.1. The third kappa shape index (κ3) is 3.31. The van der Waals surface area contributed by atoms with Crippen LogP contribution in [0.2, 0.25) is 0 Å². The molecule has 1 unspecified atom stereocenters. The fourth-order valence-corrected chi connectivity index (χ4v) is 4.00. The lowest BCUT2D eigenvalue weighted by Crippen LogP contribution is -2.32. The minimum Gasteiger partial charge on any atom is -0.439 e. The molecule has 1 atom stereocenters. The Kier molecular flexibility index (Phi) is 4.41. The lowest BCUT2D eigenvalue weighted by molar-refractivity contribution is 0.206. The maximum absolute atomic E-state index is 13.1. The maximum atomic E-state index is 13.1. The van der Waals surface area contributed by atoms with E-state index >= 15 is 0 Å². The van der Waals surface area contributed by atoms with Crippen LogP contribution in [0.5, 0.6) is 0 Å². The van der Waals surface area contributed by atoms with Crippen LogP contribution in [-0.2, 0) is 13.1 Å². The molecule has 0 amide bonds. The van der Waals surface area contributed by atoms with E-state index in [9.17, 15) is 4.39 Å². The van der Waals surface area contributed by atoms with Crippen molar-refractivity contribution in [2.75, 3.05) is 6.54 Å². The third-order valence-corrected chi connectivity index (χ3v) is 5.45. The second-order valence-electron chi connectivity index (χ2n) is 7.28. The summed E-state index contributed by atoms with van der Waals surface area (Å²) in [7, 11) is 0. The standard InChI is InChI=1S/C22H21FN4O/c23-17-9-7-16(8-10-17)21-12-24-22(28-21)14-26-11-3-4-18(26)13-27-15-25-19-5-1-2-6-20(19)27/h1-2,5-10,12,15,18H,3-4,11,13-14H2. The first-order chi connectivity index (χ1) is 13.8. The van der Waals surface area contributed by atoms with Gasteiger partial charge < -0.3 is 8.98 Å². The van der Waals surface area contributed by atoms with E-state index in [2.05, 4.69) is 31.6 Å². The number of likely N-dealkylation sites (tertiary alicyclic amines) is 1. The topological polar surface area (TPSA) is 47.1 Å². The van der Waals surface area contributed by atoms with Crippen LogP contribution in [0.15, 0.2) is 65.5 Å². The fourth-order valence-electron chi connectivity index (χ4n) is 4.00. The monoisotopic (exact) mass is 376 g/mol. The van der Waals surface area contributed by atoms with Crippen molar-refractivity contribution in [1.82, 2.24) is 19.4 Å². The van der Waals surface area contributed by atoms with Gasteiger partial charge in [0.1, 0.15) is 5.82 Å². The highest BCUT2D eigenvalue weighted by Crippen LogP contribution is 2.25. The molecule has 0 aliphatic carbocycles. The van der Waals surface area contributed by atoms with E-state index in [0.717, 1.165) is 30.6 Å². The molecule has 1 fully saturated rings. The van der Waals surface area contributed by atoms with Crippen molar-refractivity contribution >= 4 is 11.0 Å². The van der Waals surface area contributed by atoms with Gasteiger partial charge in [0.25, 0.3) is 0 Å². The van der Waals surface area contributed by atoms with Gasteiger partial charge in [-0.3, -0.25) is 4.90 Å². The van der Waals surface area contributed by atoms with Gasteiger partial charge in [0.15, 0.2) is 5.76 Å². The van der Waals surface area contributed by atoms with Crippen LogP contribution >= 0.6 is 0 Å². The summed E-state index contributed by atoms with van der Waals surface area (Å²) in [5.41, 5.74) is 3.04. The second kappa shape index (κ2) is 7.20. The molecule has 0 saturated carbocycles. The molecule has 2 aromatic heterocycles. The van der Waals surface area contributed by atoms with Crippen LogP contribution in [0.3, 0.4) is 0 Å². The number of benzene rings is 2. The Bertz CT molecular complexity index is 1090. The Morgan fingerprint density at radius 3 is 2.82 bits per heavy atom. The van der Waals surface area contributed by atoms with E-state index in [1.807, 2.05) is 18.5 Å². The number of nitrogens with zero attached hydrogens (tertiary/aromatic N) is 4. The first-order valence-electron chi connectivity index (χ1n) is 9.61. The quantitative estimate of drug-likeness (QED) is 0.515. The van der Waals surface area contributed by atoms with E-state index < -0.39 is 0 Å². The van der Waals surface area contributed by atoms with Gasteiger partial charge in [0.2, 0.25) is 5.89 Å². The molecule has 142 valence electrons. The zero-order valence-electron chi connectivity index (χ0n) is 15.5. The number of aromatic nitrogens is 3. The second-order valence-corrected chi connectivity index (χ2v) is 7.28. The summed E-state index contributed by atoms with van der Waals surface area (Å²) in [6.45, 7) is 2.62. The van der Waals surface area contributed by atoms with E-state index in [1.165, 1.54) is 24.1 Å². The highest BCUT2D eigenvalue weighted by molar-refractivity contribution is 5.74. The number of imidazole rings is 1. The molecule has 0 radical (unpaired) electrons. The van der Waals surface area contributed by atoms with Crippen molar-refractivity contribution in [3.05, 3.63) is 72.8 Å². The third-order valence-electron chi connectivity index (χ3n) is 5.45. The molecule has 5 nitrogen and oxygen atoms in total. The fraction of sp³-hybridized carbons (Fsp3) is 0.273. The number of rotatable bonds is 5. The van der Waals surface area contributed by atoms with Crippen molar-refractivity contribution in [3.8, 4) is 11.3 Å². The Labute approximate surface area is 162 Å². The van der Waals surface area contributed by atoms with Crippen LogP contribution in [0.1, 0.15) is 18.7 Å². The van der Waals surface area contributed by atoms with Crippen molar-refractivity contribution < 1.29 is 8.81 Å². The summed E-state index contributed by atoms with van der Waals surface area (Å²) in [5, 5.41) is 0. The van der Waals surface area contributed by atoms with Gasteiger partial charge in [-0.25, -0.2) is 14.4 Å².